The normalized spacial score (nSPS) is 12.2. The molecule has 0 aliphatic carbocycles. The molecule has 1 heterocycles. The molecule has 3 aromatic rings. The Morgan fingerprint density at radius 2 is 1.18 bits per heavy atom. The molecule has 2 atom stereocenters. The van der Waals surface area contributed by atoms with Crippen molar-refractivity contribution >= 4 is 29.5 Å². The summed E-state index contributed by atoms with van der Waals surface area (Å²) in [6.07, 6.45) is -1.26. The van der Waals surface area contributed by atoms with Crippen LogP contribution in [-0.2, 0) is 19.1 Å². The van der Waals surface area contributed by atoms with Gasteiger partial charge in [-0.3, -0.25) is 9.78 Å². The van der Waals surface area contributed by atoms with Crippen LogP contribution in [-0.4, -0.2) is 46.1 Å². The summed E-state index contributed by atoms with van der Waals surface area (Å²) in [7, 11) is 0. The quantitative estimate of drug-likeness (QED) is 0.488. The van der Waals surface area contributed by atoms with E-state index in [9.17, 15) is 24.3 Å². The van der Waals surface area contributed by atoms with Gasteiger partial charge < -0.3 is 19.9 Å². The molecular weight excluding hydrogens is 440 g/mol. The van der Waals surface area contributed by atoms with Crippen LogP contribution >= 0.6 is 0 Å². The smallest absolute Gasteiger partial charge is 0.349 e. The van der Waals surface area contributed by atoms with Gasteiger partial charge in [-0.25, -0.2) is 14.4 Å². The van der Waals surface area contributed by atoms with Crippen LogP contribution in [0.5, 0.6) is 0 Å². The monoisotopic (exact) mass is 462 g/mol. The van der Waals surface area contributed by atoms with Crippen molar-refractivity contribution in [2.24, 2.45) is 0 Å². The van der Waals surface area contributed by atoms with Crippen molar-refractivity contribution in [3.8, 4) is 0 Å². The Bertz CT molecular complexity index is 1180. The molecule has 0 unspecified atom stereocenters. The summed E-state index contributed by atoms with van der Waals surface area (Å²) in [5, 5.41) is 12.2. The number of aromatic nitrogens is 1. The van der Waals surface area contributed by atoms with Gasteiger partial charge in [0.1, 0.15) is 0 Å². The van der Waals surface area contributed by atoms with E-state index in [-0.39, 0.29) is 16.8 Å². The van der Waals surface area contributed by atoms with Crippen LogP contribution in [0.3, 0.4) is 0 Å². The van der Waals surface area contributed by atoms with Crippen molar-refractivity contribution in [1.82, 2.24) is 4.98 Å². The van der Waals surface area contributed by atoms with Crippen LogP contribution in [0.2, 0.25) is 0 Å². The van der Waals surface area contributed by atoms with Crippen LogP contribution in [0.25, 0.3) is 0 Å². The lowest BCUT2D eigenvalue weighted by Gasteiger charge is -2.23. The number of rotatable bonds is 8. The molecule has 174 valence electrons. The minimum Gasteiger partial charge on any atom is -0.478 e. The zero-order chi connectivity index (χ0) is 24.7. The van der Waals surface area contributed by atoms with Gasteiger partial charge >= 0.3 is 17.9 Å². The molecule has 0 saturated carbocycles. The summed E-state index contributed by atoms with van der Waals surface area (Å²) in [6, 6.07) is 15.4. The van der Waals surface area contributed by atoms with E-state index < -0.39 is 36.0 Å². The third kappa shape index (κ3) is 6.26. The molecule has 0 radical (unpaired) electrons. The van der Waals surface area contributed by atoms with Crippen molar-refractivity contribution in [2.45, 2.75) is 26.1 Å². The second-order valence-corrected chi connectivity index (χ2v) is 7.45. The molecular formula is C25H22N2O7. The Morgan fingerprint density at radius 3 is 1.62 bits per heavy atom. The second kappa shape index (κ2) is 10.9. The predicted molar refractivity (Wildman–Crippen MR) is 121 cm³/mol. The third-order valence-electron chi connectivity index (χ3n) is 4.77. The first-order chi connectivity index (χ1) is 16.2. The molecule has 0 saturated heterocycles. The van der Waals surface area contributed by atoms with E-state index in [1.165, 1.54) is 48.8 Å². The Hall–Kier alpha value is -4.53. The maximum atomic E-state index is 13.0. The summed E-state index contributed by atoms with van der Waals surface area (Å²) >= 11 is 0. The number of nitrogens with one attached hydrogen (secondary N) is 1. The molecule has 9 heteroatoms. The topological polar surface area (TPSA) is 132 Å². The molecule has 2 N–H and O–H groups in total. The number of carbonyl (C=O) groups excluding carboxylic acids is 3. The molecule has 0 bridgehead atoms. The number of aliphatic carboxylic acids is 1. The van der Waals surface area contributed by atoms with Crippen molar-refractivity contribution in [3.05, 3.63) is 95.3 Å². The summed E-state index contributed by atoms with van der Waals surface area (Å²) in [6.45, 7) is 3.64. The summed E-state index contributed by atoms with van der Waals surface area (Å²) in [4.78, 5) is 54.1. The summed E-state index contributed by atoms with van der Waals surface area (Å²) < 4.78 is 10.4. The van der Waals surface area contributed by atoms with Gasteiger partial charge in [0, 0.05) is 18.1 Å². The number of hydrogen-bond acceptors (Lipinski definition) is 7. The number of benzene rings is 2. The highest BCUT2D eigenvalue weighted by molar-refractivity contribution is 6.01. The Kier molecular flexibility index (Phi) is 7.71. The maximum absolute atomic E-state index is 13.0. The van der Waals surface area contributed by atoms with Gasteiger partial charge in [0.25, 0.3) is 5.91 Å². The van der Waals surface area contributed by atoms with Crippen molar-refractivity contribution in [1.29, 1.82) is 0 Å². The molecule has 1 aromatic heterocycles. The number of carbonyl (C=O) groups is 4. The highest BCUT2D eigenvalue weighted by Crippen LogP contribution is 2.16. The molecule has 34 heavy (non-hydrogen) atoms. The molecule has 0 fully saturated rings. The highest BCUT2D eigenvalue weighted by atomic mass is 16.6. The molecule has 2 aromatic carbocycles. The van der Waals surface area contributed by atoms with Gasteiger partial charge in [-0.15, -0.1) is 0 Å². The molecule has 0 aliphatic rings. The number of ether oxygens (including phenoxy) is 2. The Labute approximate surface area is 195 Å². The minimum atomic E-state index is -2.11. The third-order valence-corrected chi connectivity index (χ3v) is 4.77. The van der Waals surface area contributed by atoms with Crippen molar-refractivity contribution < 1.29 is 33.8 Å². The Balaban J connectivity index is 1.89. The van der Waals surface area contributed by atoms with Crippen LogP contribution in [0.4, 0.5) is 5.69 Å². The number of hydrogen-bond donors (Lipinski definition) is 2. The summed E-state index contributed by atoms with van der Waals surface area (Å²) in [5.41, 5.74) is 2.23. The largest absolute Gasteiger partial charge is 0.478 e. The van der Waals surface area contributed by atoms with E-state index in [0.717, 1.165) is 11.1 Å². The fourth-order valence-electron chi connectivity index (χ4n) is 2.89. The summed E-state index contributed by atoms with van der Waals surface area (Å²) in [5.74, 6) is -4.59. The lowest BCUT2D eigenvalue weighted by atomic mass is 10.1. The van der Waals surface area contributed by atoms with E-state index in [1.807, 2.05) is 13.8 Å². The zero-order valence-corrected chi connectivity index (χ0v) is 18.4. The highest BCUT2D eigenvalue weighted by Gasteiger charge is 2.41. The van der Waals surface area contributed by atoms with Crippen LogP contribution in [0, 0.1) is 13.8 Å². The van der Waals surface area contributed by atoms with Crippen LogP contribution in [0.15, 0.2) is 73.1 Å². The molecule has 1 amide bonds. The van der Waals surface area contributed by atoms with Crippen LogP contribution in [0.1, 0.15) is 31.8 Å². The number of anilines is 1. The number of esters is 2. The van der Waals surface area contributed by atoms with E-state index in [0.29, 0.717) is 0 Å². The maximum Gasteiger partial charge on any atom is 0.349 e. The number of nitrogens with zero attached hydrogens (tertiary/aromatic N) is 1. The van der Waals surface area contributed by atoms with Gasteiger partial charge in [0.05, 0.1) is 11.1 Å². The van der Waals surface area contributed by atoms with Crippen LogP contribution < -0.4 is 5.32 Å². The standard InChI is InChI=1S/C25H22N2O7/c1-15-3-7-17(8-4-15)24(31)33-20(22(28)27-19-11-13-26-14-12-19)21(23(29)30)34-25(32)18-9-5-16(2)6-10-18/h3-14,20-21H,1-2H3,(H,29,30)(H,26,27,28)/t20-,21+/m1/s1. The fraction of sp³-hybridized carbons (Fsp3) is 0.160. The van der Waals surface area contributed by atoms with E-state index in [1.54, 1.807) is 24.3 Å². The van der Waals surface area contributed by atoms with E-state index in [4.69, 9.17) is 9.47 Å². The zero-order valence-electron chi connectivity index (χ0n) is 18.4. The molecule has 3 rings (SSSR count). The number of carboxylic acid groups (broad SMARTS) is 1. The Morgan fingerprint density at radius 1 is 0.735 bits per heavy atom. The van der Waals surface area contributed by atoms with Gasteiger partial charge in [0.2, 0.25) is 12.2 Å². The van der Waals surface area contributed by atoms with Gasteiger partial charge in [-0.1, -0.05) is 35.4 Å². The first-order valence-corrected chi connectivity index (χ1v) is 10.2. The number of aryl methyl sites for hydroxylation is 2. The van der Waals surface area contributed by atoms with Gasteiger partial charge in [-0.05, 0) is 50.2 Å². The number of amides is 1. The average Bonchev–Trinajstić information content (AvgIpc) is 2.82. The van der Waals surface area contributed by atoms with Crippen molar-refractivity contribution in [2.75, 3.05) is 5.32 Å². The lowest BCUT2D eigenvalue weighted by Crippen LogP contribution is -2.48. The first kappa shape index (κ1) is 24.1. The molecule has 0 aliphatic heterocycles. The van der Waals surface area contributed by atoms with Crippen molar-refractivity contribution in [3.63, 3.8) is 0 Å². The average molecular weight is 462 g/mol. The van der Waals surface area contributed by atoms with Gasteiger partial charge in [0.15, 0.2) is 0 Å². The SMILES string of the molecule is Cc1ccc(C(=O)O[C@H](C(=O)O)[C@@H](OC(=O)c2ccc(C)cc2)C(=O)Nc2ccncc2)cc1. The number of pyridine rings is 1. The second-order valence-electron chi connectivity index (χ2n) is 7.45. The fourth-order valence-corrected chi connectivity index (χ4v) is 2.89. The van der Waals surface area contributed by atoms with E-state index in [2.05, 4.69) is 10.3 Å². The van der Waals surface area contributed by atoms with Gasteiger partial charge in [-0.2, -0.15) is 0 Å². The first-order valence-electron chi connectivity index (χ1n) is 10.2. The van der Waals surface area contributed by atoms with E-state index >= 15 is 0 Å². The number of carboxylic acids is 1. The molecule has 0 spiro atoms. The lowest BCUT2D eigenvalue weighted by molar-refractivity contribution is -0.157. The molecule has 9 nitrogen and oxygen atoms in total. The minimum absolute atomic E-state index is 0.0787. The predicted octanol–water partition coefficient (Wildman–Crippen LogP) is 3.17.